The van der Waals surface area contributed by atoms with Gasteiger partial charge < -0.3 is 5.11 Å². The summed E-state index contributed by atoms with van der Waals surface area (Å²) >= 11 is 0. The molecule has 1 N–H and O–H groups in total. The van der Waals surface area contributed by atoms with Gasteiger partial charge in [-0.05, 0) is 18.9 Å². The van der Waals surface area contributed by atoms with Crippen LogP contribution in [0.1, 0.15) is 12.8 Å². The van der Waals surface area contributed by atoms with E-state index in [0.717, 1.165) is 0 Å². The van der Waals surface area contributed by atoms with Crippen molar-refractivity contribution in [3.05, 3.63) is 11.6 Å². The first kappa shape index (κ1) is 10.6. The molecule has 0 atom stereocenters. The van der Waals surface area contributed by atoms with Crippen molar-refractivity contribution < 1.29 is 23.1 Å². The van der Waals surface area contributed by atoms with E-state index in [1.165, 1.54) is 6.07 Å². The van der Waals surface area contributed by atoms with Crippen LogP contribution >= 0.6 is 0 Å². The third-order valence-electron chi connectivity index (χ3n) is 2.12. The van der Waals surface area contributed by atoms with Gasteiger partial charge in [0, 0.05) is 0 Å². The average molecular weight is 205 g/mol. The standard InChI is InChI=1S/C8H6F3NO2/c9-8(10,11)7(1-2-7)3-5(4-12)6(13)14/h3H,1-2H2,(H,13,14). The number of hydrogen-bond donors (Lipinski definition) is 1. The van der Waals surface area contributed by atoms with Gasteiger partial charge in [0.25, 0.3) is 0 Å². The molecule has 1 aliphatic carbocycles. The van der Waals surface area contributed by atoms with Gasteiger partial charge in [0.1, 0.15) is 11.6 Å². The minimum Gasteiger partial charge on any atom is -0.477 e. The third kappa shape index (κ3) is 1.71. The Hall–Kier alpha value is -1.51. The molecule has 1 fully saturated rings. The van der Waals surface area contributed by atoms with Gasteiger partial charge in [-0.1, -0.05) is 0 Å². The zero-order valence-corrected chi connectivity index (χ0v) is 6.93. The van der Waals surface area contributed by atoms with E-state index in [4.69, 9.17) is 10.4 Å². The van der Waals surface area contributed by atoms with Crippen LogP contribution in [-0.4, -0.2) is 17.3 Å². The smallest absolute Gasteiger partial charge is 0.397 e. The summed E-state index contributed by atoms with van der Waals surface area (Å²) in [5, 5.41) is 16.7. The highest BCUT2D eigenvalue weighted by Crippen LogP contribution is 2.59. The maximum Gasteiger partial charge on any atom is 0.397 e. The van der Waals surface area contributed by atoms with Crippen LogP contribution in [0.5, 0.6) is 0 Å². The van der Waals surface area contributed by atoms with Crippen molar-refractivity contribution >= 4 is 5.97 Å². The number of allylic oxidation sites excluding steroid dienone is 1. The highest BCUT2D eigenvalue weighted by molar-refractivity contribution is 5.91. The van der Waals surface area contributed by atoms with Crippen molar-refractivity contribution in [1.29, 1.82) is 5.26 Å². The number of carboxylic acid groups (broad SMARTS) is 1. The largest absolute Gasteiger partial charge is 0.477 e. The van der Waals surface area contributed by atoms with Crippen molar-refractivity contribution in [2.75, 3.05) is 0 Å². The molecule has 0 spiro atoms. The summed E-state index contributed by atoms with van der Waals surface area (Å²) in [5.41, 5.74) is -2.92. The fourth-order valence-electron chi connectivity index (χ4n) is 1.06. The molecular formula is C8H6F3NO2. The number of rotatable bonds is 2. The Morgan fingerprint density at radius 2 is 2.00 bits per heavy atom. The first-order chi connectivity index (χ1) is 6.32. The van der Waals surface area contributed by atoms with Crippen LogP contribution in [0, 0.1) is 16.7 Å². The van der Waals surface area contributed by atoms with Crippen LogP contribution in [-0.2, 0) is 4.79 Å². The van der Waals surface area contributed by atoms with E-state index >= 15 is 0 Å². The van der Waals surface area contributed by atoms with Crippen LogP contribution < -0.4 is 0 Å². The molecule has 1 rings (SSSR count). The molecule has 6 heteroatoms. The summed E-state index contributed by atoms with van der Waals surface area (Å²) in [6.07, 6.45) is -4.25. The van der Waals surface area contributed by atoms with Crippen LogP contribution in [0.15, 0.2) is 11.6 Å². The molecule has 1 saturated carbocycles. The highest BCUT2D eigenvalue weighted by Gasteiger charge is 2.62. The second-order valence-corrected chi connectivity index (χ2v) is 3.13. The van der Waals surface area contributed by atoms with Gasteiger partial charge in [0.05, 0.1) is 5.41 Å². The zero-order chi connectivity index (χ0) is 11.0. The van der Waals surface area contributed by atoms with Crippen molar-refractivity contribution in [1.82, 2.24) is 0 Å². The SMILES string of the molecule is N#CC(=CC1(C(F)(F)F)CC1)C(=O)O. The van der Waals surface area contributed by atoms with E-state index in [1.807, 2.05) is 0 Å². The Kier molecular flexibility index (Phi) is 2.27. The highest BCUT2D eigenvalue weighted by atomic mass is 19.4. The van der Waals surface area contributed by atoms with E-state index < -0.39 is 23.1 Å². The molecule has 0 aromatic rings. The van der Waals surface area contributed by atoms with Gasteiger partial charge in [-0.3, -0.25) is 0 Å². The molecule has 76 valence electrons. The normalized spacial score (nSPS) is 20.0. The molecular weight excluding hydrogens is 199 g/mol. The molecule has 0 saturated heterocycles. The zero-order valence-electron chi connectivity index (χ0n) is 6.93. The maximum absolute atomic E-state index is 12.3. The van der Waals surface area contributed by atoms with E-state index in [-0.39, 0.29) is 12.8 Å². The Bertz CT molecular complexity index is 333. The number of halogens is 3. The lowest BCUT2D eigenvalue weighted by Crippen LogP contribution is -2.23. The summed E-state index contributed by atoms with van der Waals surface area (Å²) in [7, 11) is 0. The minimum absolute atomic E-state index is 0.144. The van der Waals surface area contributed by atoms with Crippen molar-refractivity contribution in [3.8, 4) is 6.07 Å². The van der Waals surface area contributed by atoms with Gasteiger partial charge >= 0.3 is 12.1 Å². The summed E-state index contributed by atoms with van der Waals surface area (Å²) in [4.78, 5) is 10.3. The first-order valence-electron chi connectivity index (χ1n) is 3.75. The molecule has 0 amide bonds. The third-order valence-corrected chi connectivity index (χ3v) is 2.12. The second kappa shape index (κ2) is 3.01. The first-order valence-corrected chi connectivity index (χ1v) is 3.75. The summed E-state index contributed by atoms with van der Waals surface area (Å²) in [6, 6.07) is 1.23. The van der Waals surface area contributed by atoms with Crippen LogP contribution in [0.4, 0.5) is 13.2 Å². The monoisotopic (exact) mass is 205 g/mol. The van der Waals surface area contributed by atoms with Gasteiger partial charge in [0.15, 0.2) is 0 Å². The predicted octanol–water partition coefficient (Wildman–Crippen LogP) is 1.86. The topological polar surface area (TPSA) is 61.1 Å². The van der Waals surface area contributed by atoms with Gasteiger partial charge in [0.2, 0.25) is 0 Å². The number of carbonyl (C=O) groups is 1. The van der Waals surface area contributed by atoms with Crippen LogP contribution in [0.25, 0.3) is 0 Å². The van der Waals surface area contributed by atoms with Crippen molar-refractivity contribution in [2.24, 2.45) is 5.41 Å². The molecule has 14 heavy (non-hydrogen) atoms. The molecule has 0 unspecified atom stereocenters. The fraction of sp³-hybridized carbons (Fsp3) is 0.500. The number of nitrogens with zero attached hydrogens (tertiary/aromatic N) is 1. The Morgan fingerprint density at radius 3 is 2.21 bits per heavy atom. The summed E-state index contributed by atoms with van der Waals surface area (Å²) in [6.45, 7) is 0. The number of carboxylic acids is 1. The van der Waals surface area contributed by atoms with Crippen molar-refractivity contribution in [3.63, 3.8) is 0 Å². The summed E-state index contributed by atoms with van der Waals surface area (Å²) in [5.74, 6) is -1.62. The summed E-state index contributed by atoms with van der Waals surface area (Å²) < 4.78 is 36.9. The van der Waals surface area contributed by atoms with E-state index in [0.29, 0.717) is 6.08 Å². The number of nitriles is 1. The van der Waals surface area contributed by atoms with Gasteiger partial charge in [-0.25, -0.2) is 4.79 Å². The lowest BCUT2D eigenvalue weighted by atomic mass is 10.0. The molecule has 3 nitrogen and oxygen atoms in total. The van der Waals surface area contributed by atoms with Crippen LogP contribution in [0.2, 0.25) is 0 Å². The molecule has 0 bridgehead atoms. The molecule has 0 aromatic heterocycles. The van der Waals surface area contributed by atoms with E-state index in [9.17, 15) is 18.0 Å². The van der Waals surface area contributed by atoms with Gasteiger partial charge in [-0.15, -0.1) is 0 Å². The van der Waals surface area contributed by atoms with Crippen molar-refractivity contribution in [2.45, 2.75) is 19.0 Å². The Labute approximate surface area is 77.4 Å². The predicted molar refractivity (Wildman–Crippen MR) is 39.1 cm³/mol. The van der Waals surface area contributed by atoms with E-state index in [1.54, 1.807) is 0 Å². The molecule has 0 radical (unpaired) electrons. The van der Waals surface area contributed by atoms with E-state index in [2.05, 4.69) is 0 Å². The Balaban J connectivity index is 2.98. The number of hydrogen-bond acceptors (Lipinski definition) is 2. The second-order valence-electron chi connectivity index (χ2n) is 3.13. The molecule has 0 heterocycles. The maximum atomic E-state index is 12.3. The Morgan fingerprint density at radius 1 is 1.50 bits per heavy atom. The fourth-order valence-corrected chi connectivity index (χ4v) is 1.06. The molecule has 1 aliphatic rings. The quantitative estimate of drug-likeness (QED) is 0.552. The minimum atomic E-state index is -4.47. The molecule has 0 aliphatic heterocycles. The lowest BCUT2D eigenvalue weighted by Gasteiger charge is -2.14. The van der Waals surface area contributed by atoms with Crippen LogP contribution in [0.3, 0.4) is 0 Å². The average Bonchev–Trinajstić information content (AvgIpc) is 2.78. The number of aliphatic carboxylic acids is 1. The lowest BCUT2D eigenvalue weighted by molar-refractivity contribution is -0.172. The molecule has 0 aromatic carbocycles. The van der Waals surface area contributed by atoms with Gasteiger partial charge in [-0.2, -0.15) is 18.4 Å². The number of alkyl halides is 3.